The number of hydrogen-bond donors (Lipinski definition) is 0. The van der Waals surface area contributed by atoms with Gasteiger partial charge in [-0.25, -0.2) is 9.97 Å². The minimum Gasteiger partial charge on any atom is -0.328 e. The van der Waals surface area contributed by atoms with E-state index in [4.69, 9.17) is 0 Å². The molecule has 1 aromatic heterocycles. The summed E-state index contributed by atoms with van der Waals surface area (Å²) in [5.41, 5.74) is 3.42. The van der Waals surface area contributed by atoms with Gasteiger partial charge < -0.3 is 4.90 Å². The molecule has 0 fully saturated rings. The van der Waals surface area contributed by atoms with E-state index in [9.17, 15) is 4.79 Å². The van der Waals surface area contributed by atoms with Crippen molar-refractivity contribution in [3.63, 3.8) is 0 Å². The van der Waals surface area contributed by atoms with Crippen molar-refractivity contribution in [1.82, 2.24) is 14.9 Å². The molecule has 0 saturated heterocycles. The molecule has 1 aliphatic heterocycles. The van der Waals surface area contributed by atoms with Crippen molar-refractivity contribution in [2.24, 2.45) is 5.92 Å². The highest BCUT2D eigenvalue weighted by Gasteiger charge is 2.28. The van der Waals surface area contributed by atoms with E-state index in [0.717, 1.165) is 28.0 Å². The van der Waals surface area contributed by atoms with Crippen LogP contribution in [0.2, 0.25) is 0 Å². The van der Waals surface area contributed by atoms with Crippen LogP contribution in [0.4, 0.5) is 0 Å². The molecule has 1 aliphatic rings. The number of amides is 1. The van der Waals surface area contributed by atoms with Gasteiger partial charge in [-0.3, -0.25) is 4.79 Å². The minimum atomic E-state index is 0.0654. The number of aryl methyl sites for hydroxylation is 1. The summed E-state index contributed by atoms with van der Waals surface area (Å²) in [7, 11) is 0. The van der Waals surface area contributed by atoms with Gasteiger partial charge in [0.25, 0.3) is 5.91 Å². The van der Waals surface area contributed by atoms with Gasteiger partial charge in [0.1, 0.15) is 5.82 Å². The van der Waals surface area contributed by atoms with Gasteiger partial charge in [-0.15, -0.1) is 0 Å². The molecule has 1 amide bonds. The van der Waals surface area contributed by atoms with Gasteiger partial charge in [-0.05, 0) is 31.0 Å². The molecule has 1 atom stereocenters. The average Bonchev–Trinajstić information content (AvgIpc) is 3.17. The minimum absolute atomic E-state index is 0.0654. The van der Waals surface area contributed by atoms with Crippen molar-refractivity contribution >= 4 is 16.8 Å². The smallest absolute Gasteiger partial charge is 0.254 e. The number of para-hydroxylation sites is 1. The standard InChI is InChI=1S/C23H23N3O/c1-15(2)21-12-7-13-26(21)23(27)18-9-6-8-17(14-18)22-19-10-4-5-11-20(19)24-16(3)25-22/h4-12,14-15,21H,13H2,1-3H3/t21-/m1/s1. The number of rotatable bonds is 3. The van der Waals surface area contributed by atoms with Crippen LogP contribution in [0.3, 0.4) is 0 Å². The Morgan fingerprint density at radius 1 is 1.11 bits per heavy atom. The van der Waals surface area contributed by atoms with Gasteiger partial charge in [0.15, 0.2) is 0 Å². The Morgan fingerprint density at radius 3 is 2.74 bits per heavy atom. The van der Waals surface area contributed by atoms with E-state index >= 15 is 0 Å². The highest BCUT2D eigenvalue weighted by atomic mass is 16.2. The first-order chi connectivity index (χ1) is 13.0. The summed E-state index contributed by atoms with van der Waals surface area (Å²) in [4.78, 5) is 24.2. The topological polar surface area (TPSA) is 46.1 Å². The first-order valence-electron chi connectivity index (χ1n) is 9.36. The zero-order valence-corrected chi connectivity index (χ0v) is 15.9. The Balaban J connectivity index is 1.75. The third-order valence-corrected chi connectivity index (χ3v) is 5.04. The summed E-state index contributed by atoms with van der Waals surface area (Å²) < 4.78 is 0. The zero-order chi connectivity index (χ0) is 19.0. The van der Waals surface area contributed by atoms with Crippen LogP contribution in [0.5, 0.6) is 0 Å². The van der Waals surface area contributed by atoms with Gasteiger partial charge in [-0.2, -0.15) is 0 Å². The van der Waals surface area contributed by atoms with Crippen molar-refractivity contribution in [1.29, 1.82) is 0 Å². The second-order valence-electron chi connectivity index (χ2n) is 7.34. The molecule has 0 unspecified atom stereocenters. The van der Waals surface area contributed by atoms with Gasteiger partial charge in [0.05, 0.1) is 17.3 Å². The van der Waals surface area contributed by atoms with E-state index in [1.165, 1.54) is 0 Å². The maximum atomic E-state index is 13.1. The van der Waals surface area contributed by atoms with Gasteiger partial charge in [0, 0.05) is 23.1 Å². The Hall–Kier alpha value is -3.01. The predicted molar refractivity (Wildman–Crippen MR) is 109 cm³/mol. The molecule has 4 rings (SSSR count). The van der Waals surface area contributed by atoms with E-state index in [1.54, 1.807) is 0 Å². The van der Waals surface area contributed by atoms with Gasteiger partial charge in [-0.1, -0.05) is 56.3 Å². The summed E-state index contributed by atoms with van der Waals surface area (Å²) in [5.74, 6) is 1.18. The van der Waals surface area contributed by atoms with Crippen molar-refractivity contribution in [3.8, 4) is 11.3 Å². The maximum absolute atomic E-state index is 13.1. The number of carbonyl (C=O) groups is 1. The molecule has 0 spiro atoms. The number of hydrogen-bond acceptors (Lipinski definition) is 3. The van der Waals surface area contributed by atoms with E-state index in [-0.39, 0.29) is 11.9 Å². The summed E-state index contributed by atoms with van der Waals surface area (Å²) in [6.07, 6.45) is 4.21. The lowest BCUT2D eigenvalue weighted by Gasteiger charge is -2.27. The molecule has 0 N–H and O–H groups in total. The highest BCUT2D eigenvalue weighted by molar-refractivity contribution is 5.98. The summed E-state index contributed by atoms with van der Waals surface area (Å²) >= 11 is 0. The van der Waals surface area contributed by atoms with E-state index < -0.39 is 0 Å². The lowest BCUT2D eigenvalue weighted by molar-refractivity contribution is 0.0720. The molecule has 0 bridgehead atoms. The first kappa shape index (κ1) is 17.4. The number of nitrogens with zero attached hydrogens (tertiary/aromatic N) is 3. The maximum Gasteiger partial charge on any atom is 0.254 e. The zero-order valence-electron chi connectivity index (χ0n) is 15.9. The molecule has 0 saturated carbocycles. The lowest BCUT2D eigenvalue weighted by atomic mass is 10.0. The van der Waals surface area contributed by atoms with Crippen molar-refractivity contribution < 1.29 is 4.79 Å². The number of benzene rings is 2. The van der Waals surface area contributed by atoms with Gasteiger partial charge >= 0.3 is 0 Å². The molecular weight excluding hydrogens is 334 g/mol. The summed E-state index contributed by atoms with van der Waals surface area (Å²) in [6, 6.07) is 15.9. The lowest BCUT2D eigenvalue weighted by Crippen LogP contribution is -2.39. The fourth-order valence-corrected chi connectivity index (χ4v) is 3.72. The molecule has 0 aliphatic carbocycles. The van der Waals surface area contributed by atoms with Crippen LogP contribution in [0, 0.1) is 12.8 Å². The molecule has 2 heterocycles. The van der Waals surface area contributed by atoms with Crippen LogP contribution in [0.15, 0.2) is 60.7 Å². The quantitative estimate of drug-likeness (QED) is 0.642. The number of fused-ring (bicyclic) bond motifs is 1. The van der Waals surface area contributed by atoms with Crippen molar-refractivity contribution in [2.45, 2.75) is 26.8 Å². The van der Waals surface area contributed by atoms with Crippen molar-refractivity contribution in [3.05, 3.63) is 72.1 Å². The Kier molecular flexibility index (Phi) is 4.48. The monoisotopic (exact) mass is 357 g/mol. The highest BCUT2D eigenvalue weighted by Crippen LogP contribution is 2.28. The number of aromatic nitrogens is 2. The van der Waals surface area contributed by atoms with Crippen LogP contribution in [-0.4, -0.2) is 33.4 Å². The third kappa shape index (κ3) is 3.23. The fraction of sp³-hybridized carbons (Fsp3) is 0.261. The summed E-state index contributed by atoms with van der Waals surface area (Å²) in [5, 5.41) is 0.996. The third-order valence-electron chi connectivity index (χ3n) is 5.04. The predicted octanol–water partition coefficient (Wildman–Crippen LogP) is 4.64. The SMILES string of the molecule is Cc1nc(-c2cccc(C(=O)N3CC=C[C@@H]3C(C)C)c2)c2ccccc2n1. The average molecular weight is 357 g/mol. The van der Waals surface area contributed by atoms with E-state index in [1.807, 2.05) is 60.4 Å². The molecule has 3 aromatic rings. The molecule has 2 aromatic carbocycles. The van der Waals surface area contributed by atoms with Crippen LogP contribution in [0.25, 0.3) is 22.2 Å². The molecule has 4 nitrogen and oxygen atoms in total. The van der Waals surface area contributed by atoms with E-state index in [0.29, 0.717) is 18.0 Å². The second-order valence-corrected chi connectivity index (χ2v) is 7.34. The number of carbonyl (C=O) groups excluding carboxylic acids is 1. The van der Waals surface area contributed by atoms with Gasteiger partial charge in [0.2, 0.25) is 0 Å². The first-order valence-corrected chi connectivity index (χ1v) is 9.36. The molecule has 27 heavy (non-hydrogen) atoms. The van der Waals surface area contributed by atoms with Crippen LogP contribution < -0.4 is 0 Å². The van der Waals surface area contributed by atoms with Crippen LogP contribution in [-0.2, 0) is 0 Å². The summed E-state index contributed by atoms with van der Waals surface area (Å²) in [6.45, 7) is 6.86. The Labute approximate surface area is 159 Å². The van der Waals surface area contributed by atoms with E-state index in [2.05, 4.69) is 36.0 Å². The fourth-order valence-electron chi connectivity index (χ4n) is 3.72. The largest absolute Gasteiger partial charge is 0.328 e. The normalized spacial score (nSPS) is 16.4. The second kappa shape index (κ2) is 6.95. The molecular formula is C23H23N3O. The van der Waals surface area contributed by atoms with Crippen molar-refractivity contribution in [2.75, 3.05) is 6.54 Å². The van der Waals surface area contributed by atoms with Crippen LogP contribution >= 0.6 is 0 Å². The molecule has 4 heteroatoms. The molecule has 0 radical (unpaired) electrons. The van der Waals surface area contributed by atoms with Crippen LogP contribution in [0.1, 0.15) is 30.0 Å². The Morgan fingerprint density at radius 2 is 1.93 bits per heavy atom. The Bertz CT molecular complexity index is 1040. The molecule has 136 valence electrons.